The highest BCUT2D eigenvalue weighted by molar-refractivity contribution is 5.39. The fourth-order valence-electron chi connectivity index (χ4n) is 1.46. The van der Waals surface area contributed by atoms with Crippen LogP contribution in [-0.4, -0.2) is 15.8 Å². The van der Waals surface area contributed by atoms with Crippen LogP contribution < -0.4 is 10.9 Å². The smallest absolute Gasteiger partial charge is 0.268 e. The minimum absolute atomic E-state index is 0.0418. The number of nitrogens with zero attached hydrogens (tertiary/aromatic N) is 2. The van der Waals surface area contributed by atoms with Crippen molar-refractivity contribution in [2.75, 3.05) is 5.32 Å². The first-order valence-electron chi connectivity index (χ1n) is 6.12. The molecule has 1 aromatic rings. The van der Waals surface area contributed by atoms with Gasteiger partial charge in [0.2, 0.25) is 0 Å². The van der Waals surface area contributed by atoms with Gasteiger partial charge in [0.15, 0.2) is 0 Å². The Hall–Kier alpha value is -1.32. The summed E-state index contributed by atoms with van der Waals surface area (Å²) < 4.78 is 1.52. The van der Waals surface area contributed by atoms with Gasteiger partial charge in [-0.15, -0.1) is 0 Å². The van der Waals surface area contributed by atoms with Gasteiger partial charge in [0.05, 0.1) is 11.9 Å². The third-order valence-electron chi connectivity index (χ3n) is 2.40. The molecule has 96 valence electrons. The molecule has 17 heavy (non-hydrogen) atoms. The molecule has 0 atom stereocenters. The molecular weight excluding hydrogens is 214 g/mol. The lowest BCUT2D eigenvalue weighted by atomic mass is 9.92. The van der Waals surface area contributed by atoms with Gasteiger partial charge in [0.25, 0.3) is 5.56 Å². The van der Waals surface area contributed by atoms with Crippen LogP contribution in [0.1, 0.15) is 41.0 Å². The molecule has 1 N–H and O–H groups in total. The summed E-state index contributed by atoms with van der Waals surface area (Å²) in [5, 5.41) is 7.35. The standard InChI is InChI=1S/C13H23N3O/c1-10(2)15-11-8-12(17)16(14-9-11)7-6-13(3,4)5/h8-10,15H,6-7H2,1-5H3. The molecule has 0 unspecified atom stereocenters. The van der Waals surface area contributed by atoms with Gasteiger partial charge < -0.3 is 5.32 Å². The van der Waals surface area contributed by atoms with Crippen molar-refractivity contribution in [2.24, 2.45) is 5.41 Å². The molecule has 0 spiro atoms. The molecule has 0 radical (unpaired) electrons. The summed E-state index contributed by atoms with van der Waals surface area (Å²) in [6, 6.07) is 1.91. The molecule has 0 saturated carbocycles. The first-order chi connectivity index (χ1) is 7.78. The summed E-state index contributed by atoms with van der Waals surface area (Å²) in [7, 11) is 0. The molecule has 0 amide bonds. The molecule has 1 aromatic heterocycles. The Morgan fingerprint density at radius 1 is 1.41 bits per heavy atom. The molecule has 0 saturated heterocycles. The quantitative estimate of drug-likeness (QED) is 0.875. The molecule has 0 bridgehead atoms. The van der Waals surface area contributed by atoms with Crippen molar-refractivity contribution in [3.63, 3.8) is 0 Å². The molecule has 0 aliphatic rings. The van der Waals surface area contributed by atoms with Crippen molar-refractivity contribution < 1.29 is 0 Å². The second kappa shape index (κ2) is 5.34. The van der Waals surface area contributed by atoms with E-state index in [1.807, 2.05) is 13.8 Å². The highest BCUT2D eigenvalue weighted by atomic mass is 16.1. The van der Waals surface area contributed by atoms with Crippen LogP contribution in [0.5, 0.6) is 0 Å². The second-order valence-corrected chi connectivity index (χ2v) is 5.92. The van der Waals surface area contributed by atoms with Crippen LogP contribution >= 0.6 is 0 Å². The molecule has 0 aliphatic heterocycles. The van der Waals surface area contributed by atoms with Crippen molar-refractivity contribution in [2.45, 2.75) is 53.6 Å². The molecule has 4 nitrogen and oxygen atoms in total. The van der Waals surface area contributed by atoms with E-state index in [4.69, 9.17) is 0 Å². The topological polar surface area (TPSA) is 46.9 Å². The molecular formula is C13H23N3O. The minimum atomic E-state index is -0.0418. The summed E-state index contributed by atoms with van der Waals surface area (Å²) in [5.74, 6) is 0. The lowest BCUT2D eigenvalue weighted by Crippen LogP contribution is -2.25. The van der Waals surface area contributed by atoms with Crippen LogP contribution in [0.25, 0.3) is 0 Å². The van der Waals surface area contributed by atoms with Crippen LogP contribution in [0.3, 0.4) is 0 Å². The second-order valence-electron chi connectivity index (χ2n) is 5.92. The van der Waals surface area contributed by atoms with Crippen molar-refractivity contribution in [1.29, 1.82) is 0 Å². The highest BCUT2D eigenvalue weighted by Crippen LogP contribution is 2.18. The third kappa shape index (κ3) is 5.02. The molecule has 4 heteroatoms. The van der Waals surface area contributed by atoms with Crippen molar-refractivity contribution in [3.8, 4) is 0 Å². The average Bonchev–Trinajstić information content (AvgIpc) is 2.13. The van der Waals surface area contributed by atoms with Crippen molar-refractivity contribution in [1.82, 2.24) is 9.78 Å². The van der Waals surface area contributed by atoms with Gasteiger partial charge in [0, 0.05) is 18.7 Å². The Balaban J connectivity index is 2.73. The maximum atomic E-state index is 11.8. The van der Waals surface area contributed by atoms with Gasteiger partial charge in [-0.05, 0) is 25.7 Å². The predicted octanol–water partition coefficient (Wildman–Crippen LogP) is 2.50. The maximum absolute atomic E-state index is 11.8. The van der Waals surface area contributed by atoms with E-state index in [1.165, 1.54) is 4.68 Å². The Morgan fingerprint density at radius 2 is 2.06 bits per heavy atom. The number of nitrogens with one attached hydrogen (secondary N) is 1. The first-order valence-corrected chi connectivity index (χ1v) is 6.12. The Kier molecular flexibility index (Phi) is 4.32. The number of anilines is 1. The fourth-order valence-corrected chi connectivity index (χ4v) is 1.46. The molecule has 1 rings (SSSR count). The van der Waals surface area contributed by atoms with E-state index >= 15 is 0 Å². The zero-order chi connectivity index (χ0) is 13.1. The van der Waals surface area contributed by atoms with E-state index in [1.54, 1.807) is 12.3 Å². The van der Waals surface area contributed by atoms with E-state index in [2.05, 4.69) is 31.2 Å². The molecule has 0 fully saturated rings. The minimum Gasteiger partial charge on any atom is -0.381 e. The van der Waals surface area contributed by atoms with Crippen LogP contribution in [0.15, 0.2) is 17.1 Å². The predicted molar refractivity (Wildman–Crippen MR) is 71.3 cm³/mol. The van der Waals surface area contributed by atoms with Crippen LogP contribution in [0, 0.1) is 5.41 Å². The summed E-state index contributed by atoms with van der Waals surface area (Å²) in [6.07, 6.45) is 2.65. The van der Waals surface area contributed by atoms with Crippen LogP contribution in [0.2, 0.25) is 0 Å². The van der Waals surface area contributed by atoms with Gasteiger partial charge in [-0.3, -0.25) is 4.79 Å². The number of hydrogen-bond donors (Lipinski definition) is 1. The SMILES string of the molecule is CC(C)Nc1cnn(CCC(C)(C)C)c(=O)c1. The van der Waals surface area contributed by atoms with Gasteiger partial charge in [-0.25, -0.2) is 4.68 Å². The van der Waals surface area contributed by atoms with Crippen LogP contribution in [0.4, 0.5) is 5.69 Å². The van der Waals surface area contributed by atoms with Crippen molar-refractivity contribution in [3.05, 3.63) is 22.6 Å². The summed E-state index contributed by atoms with van der Waals surface area (Å²) >= 11 is 0. The maximum Gasteiger partial charge on any atom is 0.268 e. The van der Waals surface area contributed by atoms with Gasteiger partial charge >= 0.3 is 0 Å². The fraction of sp³-hybridized carbons (Fsp3) is 0.692. The number of aryl methyl sites for hydroxylation is 1. The Morgan fingerprint density at radius 3 is 2.53 bits per heavy atom. The third-order valence-corrected chi connectivity index (χ3v) is 2.40. The normalized spacial score (nSPS) is 11.9. The summed E-state index contributed by atoms with van der Waals surface area (Å²) in [4.78, 5) is 11.8. The van der Waals surface area contributed by atoms with E-state index < -0.39 is 0 Å². The number of aromatic nitrogens is 2. The van der Waals surface area contributed by atoms with E-state index in [0.717, 1.165) is 12.1 Å². The average molecular weight is 237 g/mol. The van der Waals surface area contributed by atoms with E-state index in [0.29, 0.717) is 12.6 Å². The first kappa shape index (κ1) is 13.7. The van der Waals surface area contributed by atoms with Crippen molar-refractivity contribution >= 4 is 5.69 Å². The Bertz CT molecular complexity index is 415. The van der Waals surface area contributed by atoms with E-state index in [9.17, 15) is 4.79 Å². The van der Waals surface area contributed by atoms with Gasteiger partial charge in [0.1, 0.15) is 0 Å². The summed E-state index contributed by atoms with van der Waals surface area (Å²) in [5.41, 5.74) is 0.965. The largest absolute Gasteiger partial charge is 0.381 e. The molecule has 0 aliphatic carbocycles. The Labute approximate surface area is 103 Å². The lowest BCUT2D eigenvalue weighted by molar-refractivity contribution is 0.336. The van der Waals surface area contributed by atoms with Gasteiger partial charge in [-0.1, -0.05) is 20.8 Å². The lowest BCUT2D eigenvalue weighted by Gasteiger charge is -2.18. The van der Waals surface area contributed by atoms with E-state index in [-0.39, 0.29) is 11.0 Å². The zero-order valence-corrected chi connectivity index (χ0v) is 11.4. The number of hydrogen-bond acceptors (Lipinski definition) is 3. The van der Waals surface area contributed by atoms with Crippen LogP contribution in [-0.2, 0) is 6.54 Å². The molecule has 1 heterocycles. The monoisotopic (exact) mass is 237 g/mol. The molecule has 0 aromatic carbocycles. The highest BCUT2D eigenvalue weighted by Gasteiger charge is 2.11. The summed E-state index contributed by atoms with van der Waals surface area (Å²) in [6.45, 7) is 11.2. The zero-order valence-electron chi connectivity index (χ0n) is 11.4. The number of rotatable bonds is 4. The van der Waals surface area contributed by atoms with Gasteiger partial charge in [-0.2, -0.15) is 5.10 Å².